The van der Waals surface area contributed by atoms with Crippen molar-refractivity contribution in [1.82, 2.24) is 10.6 Å². The number of amides is 1. The highest BCUT2D eigenvalue weighted by Gasteiger charge is 2.32. The van der Waals surface area contributed by atoms with E-state index in [-0.39, 0.29) is 17.9 Å². The minimum absolute atomic E-state index is 0.0240. The van der Waals surface area contributed by atoms with Crippen molar-refractivity contribution in [3.05, 3.63) is 0 Å². The van der Waals surface area contributed by atoms with Gasteiger partial charge in [-0.3, -0.25) is 4.79 Å². The highest BCUT2D eigenvalue weighted by Crippen LogP contribution is 2.13. The number of likely N-dealkylation sites (N-methyl/N-ethyl adjacent to an activating group) is 1. The summed E-state index contributed by atoms with van der Waals surface area (Å²) in [5.74, 6) is 0.807. The van der Waals surface area contributed by atoms with Crippen LogP contribution in [0.5, 0.6) is 0 Å². The molecule has 2 N–H and O–H groups in total. The van der Waals surface area contributed by atoms with E-state index in [1.54, 1.807) is 0 Å². The first kappa shape index (κ1) is 13.5. The molecule has 2 atom stereocenters. The number of carbonyl (C=O) groups excluding carboxylic acids is 1. The highest BCUT2D eigenvalue weighted by atomic mass is 16.5. The molecule has 1 aliphatic rings. The van der Waals surface area contributed by atoms with E-state index >= 15 is 0 Å². The van der Waals surface area contributed by atoms with Crippen LogP contribution in [0, 0.1) is 11.8 Å². The largest absolute Gasteiger partial charge is 0.379 e. The maximum absolute atomic E-state index is 11.8. The number of nitrogens with one attached hydrogen (secondary N) is 2. The van der Waals surface area contributed by atoms with Crippen LogP contribution in [-0.4, -0.2) is 38.8 Å². The van der Waals surface area contributed by atoms with Crippen LogP contribution in [0.2, 0.25) is 0 Å². The van der Waals surface area contributed by atoms with Crippen LogP contribution in [-0.2, 0) is 9.53 Å². The second-order valence-corrected chi connectivity index (χ2v) is 4.87. The molecular formula is C12H24N2O2. The maximum atomic E-state index is 11.8. The van der Waals surface area contributed by atoms with Crippen LogP contribution in [0.15, 0.2) is 0 Å². The van der Waals surface area contributed by atoms with Gasteiger partial charge in [-0.05, 0) is 25.8 Å². The fraction of sp³-hybridized carbons (Fsp3) is 0.917. The Kier molecular flexibility index (Phi) is 5.77. The topological polar surface area (TPSA) is 50.4 Å². The molecule has 4 nitrogen and oxygen atoms in total. The molecule has 4 heteroatoms. The van der Waals surface area contributed by atoms with Gasteiger partial charge in [0.25, 0.3) is 0 Å². The van der Waals surface area contributed by atoms with Crippen LogP contribution in [0.4, 0.5) is 0 Å². The van der Waals surface area contributed by atoms with Crippen molar-refractivity contribution in [3.63, 3.8) is 0 Å². The van der Waals surface area contributed by atoms with Crippen molar-refractivity contribution < 1.29 is 9.53 Å². The fourth-order valence-corrected chi connectivity index (χ4v) is 1.95. The molecule has 0 radical (unpaired) electrons. The average Bonchev–Trinajstić information content (AvgIpc) is 2.71. The first-order valence-corrected chi connectivity index (χ1v) is 6.18. The van der Waals surface area contributed by atoms with Gasteiger partial charge < -0.3 is 15.4 Å². The molecule has 1 amide bonds. The predicted octanol–water partition coefficient (Wildman–Crippen LogP) is 0.773. The molecule has 1 rings (SSSR count). The minimum Gasteiger partial charge on any atom is -0.379 e. The summed E-state index contributed by atoms with van der Waals surface area (Å²) in [7, 11) is 1.87. The van der Waals surface area contributed by atoms with Gasteiger partial charge in [0.2, 0.25) is 5.91 Å². The van der Waals surface area contributed by atoms with Gasteiger partial charge in [0.05, 0.1) is 19.1 Å². The van der Waals surface area contributed by atoms with E-state index in [2.05, 4.69) is 24.5 Å². The van der Waals surface area contributed by atoms with E-state index in [1.165, 1.54) is 0 Å². The van der Waals surface area contributed by atoms with Crippen molar-refractivity contribution >= 4 is 5.91 Å². The molecule has 0 bridgehead atoms. The average molecular weight is 228 g/mol. The molecule has 0 aromatic heterocycles. The SMILES string of the molecule is CNC1COCC1C(=O)NCCCC(C)C. The zero-order valence-corrected chi connectivity index (χ0v) is 10.6. The Morgan fingerprint density at radius 3 is 2.81 bits per heavy atom. The monoisotopic (exact) mass is 228 g/mol. The summed E-state index contributed by atoms with van der Waals surface area (Å²) in [6.45, 7) is 6.36. The zero-order valence-electron chi connectivity index (χ0n) is 10.6. The van der Waals surface area contributed by atoms with Crippen LogP contribution >= 0.6 is 0 Å². The number of hydrogen-bond donors (Lipinski definition) is 2. The Morgan fingerprint density at radius 2 is 2.19 bits per heavy atom. The predicted molar refractivity (Wildman–Crippen MR) is 64.2 cm³/mol. The van der Waals surface area contributed by atoms with Crippen molar-refractivity contribution in [2.75, 3.05) is 26.8 Å². The van der Waals surface area contributed by atoms with Crippen molar-refractivity contribution in [3.8, 4) is 0 Å². The van der Waals surface area contributed by atoms with Crippen LogP contribution < -0.4 is 10.6 Å². The molecule has 1 saturated heterocycles. The Hall–Kier alpha value is -0.610. The Labute approximate surface area is 98.1 Å². The Balaban J connectivity index is 2.19. The lowest BCUT2D eigenvalue weighted by molar-refractivity contribution is -0.125. The molecule has 94 valence electrons. The molecule has 1 aliphatic heterocycles. The quantitative estimate of drug-likeness (QED) is 0.660. The molecule has 0 aromatic rings. The smallest absolute Gasteiger partial charge is 0.227 e. The first-order chi connectivity index (χ1) is 7.65. The van der Waals surface area contributed by atoms with Gasteiger partial charge in [0.15, 0.2) is 0 Å². The molecule has 0 aliphatic carbocycles. The maximum Gasteiger partial charge on any atom is 0.227 e. The molecule has 1 heterocycles. The summed E-state index contributed by atoms with van der Waals surface area (Å²) < 4.78 is 5.30. The van der Waals surface area contributed by atoms with Gasteiger partial charge in [0, 0.05) is 12.6 Å². The third-order valence-corrected chi connectivity index (χ3v) is 3.05. The normalized spacial score (nSPS) is 25.0. The number of ether oxygens (including phenoxy) is 1. The summed E-state index contributed by atoms with van der Waals surface area (Å²) in [4.78, 5) is 11.8. The highest BCUT2D eigenvalue weighted by molar-refractivity contribution is 5.79. The second kappa shape index (κ2) is 6.86. The van der Waals surface area contributed by atoms with Crippen LogP contribution in [0.25, 0.3) is 0 Å². The van der Waals surface area contributed by atoms with E-state index in [1.807, 2.05) is 7.05 Å². The third-order valence-electron chi connectivity index (χ3n) is 3.05. The van der Waals surface area contributed by atoms with Crippen molar-refractivity contribution in [1.29, 1.82) is 0 Å². The number of carbonyl (C=O) groups is 1. The first-order valence-electron chi connectivity index (χ1n) is 6.18. The van der Waals surface area contributed by atoms with Gasteiger partial charge in [-0.15, -0.1) is 0 Å². The molecular weight excluding hydrogens is 204 g/mol. The molecule has 0 saturated carbocycles. The van der Waals surface area contributed by atoms with E-state index < -0.39 is 0 Å². The summed E-state index contributed by atoms with van der Waals surface area (Å²) in [6.07, 6.45) is 2.22. The summed E-state index contributed by atoms with van der Waals surface area (Å²) in [5.41, 5.74) is 0. The number of rotatable bonds is 6. The Morgan fingerprint density at radius 1 is 1.44 bits per heavy atom. The molecule has 16 heavy (non-hydrogen) atoms. The van der Waals surface area contributed by atoms with E-state index in [4.69, 9.17) is 4.74 Å². The Bertz CT molecular complexity index is 219. The van der Waals surface area contributed by atoms with E-state index in [9.17, 15) is 4.79 Å². The standard InChI is InChI=1S/C12H24N2O2/c1-9(2)5-4-6-14-12(15)10-7-16-8-11(10)13-3/h9-11,13H,4-8H2,1-3H3,(H,14,15). The van der Waals surface area contributed by atoms with Crippen LogP contribution in [0.1, 0.15) is 26.7 Å². The second-order valence-electron chi connectivity index (χ2n) is 4.87. The van der Waals surface area contributed by atoms with Crippen molar-refractivity contribution in [2.24, 2.45) is 11.8 Å². The molecule has 0 spiro atoms. The lowest BCUT2D eigenvalue weighted by Gasteiger charge is -2.16. The van der Waals surface area contributed by atoms with Gasteiger partial charge in [-0.25, -0.2) is 0 Å². The molecule has 0 aromatic carbocycles. The third kappa shape index (κ3) is 4.10. The van der Waals surface area contributed by atoms with Gasteiger partial charge in [-0.1, -0.05) is 13.8 Å². The van der Waals surface area contributed by atoms with Gasteiger partial charge >= 0.3 is 0 Å². The van der Waals surface area contributed by atoms with E-state index in [0.29, 0.717) is 19.1 Å². The molecule has 1 fully saturated rings. The summed E-state index contributed by atoms with van der Waals surface area (Å²) in [6, 6.07) is 0.171. The zero-order chi connectivity index (χ0) is 12.0. The van der Waals surface area contributed by atoms with Crippen LogP contribution in [0.3, 0.4) is 0 Å². The van der Waals surface area contributed by atoms with Gasteiger partial charge in [0.1, 0.15) is 0 Å². The fourth-order valence-electron chi connectivity index (χ4n) is 1.95. The summed E-state index contributed by atoms with van der Waals surface area (Å²) >= 11 is 0. The molecule has 2 unspecified atom stereocenters. The lowest BCUT2D eigenvalue weighted by atomic mass is 10.0. The van der Waals surface area contributed by atoms with Crippen molar-refractivity contribution in [2.45, 2.75) is 32.7 Å². The van der Waals surface area contributed by atoms with E-state index in [0.717, 1.165) is 19.4 Å². The van der Waals surface area contributed by atoms with Gasteiger partial charge in [-0.2, -0.15) is 0 Å². The minimum atomic E-state index is -0.0240. The lowest BCUT2D eigenvalue weighted by Crippen LogP contribution is -2.42. The summed E-state index contributed by atoms with van der Waals surface area (Å²) in [5, 5.41) is 6.10. The number of hydrogen-bond acceptors (Lipinski definition) is 3.